The molecule has 0 N–H and O–H groups in total. The third kappa shape index (κ3) is 2.08. The Balaban J connectivity index is 2.52. The van der Waals surface area contributed by atoms with Crippen LogP contribution in [0.5, 0.6) is 0 Å². The third-order valence-electron chi connectivity index (χ3n) is 2.42. The SMILES string of the molecule is C=CCC[N+](C)(C)C1=CC=CC1. The zero-order valence-corrected chi connectivity index (χ0v) is 8.09. The summed E-state index contributed by atoms with van der Waals surface area (Å²) in [7, 11) is 4.50. The van der Waals surface area contributed by atoms with Crippen LogP contribution in [0.4, 0.5) is 0 Å². The van der Waals surface area contributed by atoms with Crippen LogP contribution in [0.2, 0.25) is 0 Å². The first kappa shape index (κ1) is 9.27. The van der Waals surface area contributed by atoms with E-state index in [9.17, 15) is 0 Å². The molecule has 1 rings (SSSR count). The average molecular weight is 164 g/mol. The maximum Gasteiger partial charge on any atom is 0.112 e. The molecule has 0 aliphatic heterocycles. The van der Waals surface area contributed by atoms with Gasteiger partial charge in [0.15, 0.2) is 0 Å². The molecule has 1 aliphatic rings. The predicted octanol–water partition coefficient (Wildman–Crippen LogP) is 2.48. The molecule has 0 spiro atoms. The minimum Gasteiger partial charge on any atom is -0.299 e. The molecule has 12 heavy (non-hydrogen) atoms. The number of quaternary nitrogens is 1. The van der Waals surface area contributed by atoms with E-state index >= 15 is 0 Å². The number of hydrogen-bond acceptors (Lipinski definition) is 0. The molecule has 0 atom stereocenters. The normalized spacial score (nSPS) is 16.3. The topological polar surface area (TPSA) is 0 Å². The lowest BCUT2D eigenvalue weighted by atomic mass is 10.2. The van der Waals surface area contributed by atoms with Gasteiger partial charge in [-0.2, -0.15) is 0 Å². The molecular formula is C11H18N+. The van der Waals surface area contributed by atoms with E-state index in [1.165, 1.54) is 5.70 Å². The van der Waals surface area contributed by atoms with Crippen LogP contribution < -0.4 is 0 Å². The largest absolute Gasteiger partial charge is 0.299 e. The highest BCUT2D eigenvalue weighted by Crippen LogP contribution is 2.20. The quantitative estimate of drug-likeness (QED) is 0.442. The molecule has 0 amide bonds. The molecule has 0 aromatic heterocycles. The second kappa shape index (κ2) is 3.72. The summed E-state index contributed by atoms with van der Waals surface area (Å²) in [5.74, 6) is 0. The Kier molecular flexibility index (Phi) is 2.88. The Bertz CT molecular complexity index is 221. The Labute approximate surface area is 75.3 Å². The fourth-order valence-electron chi connectivity index (χ4n) is 1.44. The fraction of sp³-hybridized carbons (Fsp3) is 0.455. The third-order valence-corrected chi connectivity index (χ3v) is 2.42. The molecule has 0 unspecified atom stereocenters. The number of allylic oxidation sites excluding steroid dienone is 3. The first-order valence-corrected chi connectivity index (χ1v) is 4.47. The molecule has 66 valence electrons. The number of rotatable bonds is 4. The first-order chi connectivity index (χ1) is 5.67. The van der Waals surface area contributed by atoms with E-state index in [2.05, 4.69) is 38.9 Å². The Morgan fingerprint density at radius 1 is 1.58 bits per heavy atom. The second-order valence-corrected chi connectivity index (χ2v) is 3.78. The lowest BCUT2D eigenvalue weighted by Crippen LogP contribution is -2.38. The molecule has 0 aromatic rings. The van der Waals surface area contributed by atoms with Gasteiger partial charge in [0.25, 0.3) is 0 Å². The van der Waals surface area contributed by atoms with Crippen molar-refractivity contribution in [3.8, 4) is 0 Å². The van der Waals surface area contributed by atoms with E-state index in [-0.39, 0.29) is 0 Å². The molecule has 1 nitrogen and oxygen atoms in total. The highest BCUT2D eigenvalue weighted by Gasteiger charge is 2.20. The van der Waals surface area contributed by atoms with Crippen molar-refractivity contribution in [2.24, 2.45) is 0 Å². The first-order valence-electron chi connectivity index (χ1n) is 4.47. The van der Waals surface area contributed by atoms with Crippen LogP contribution in [0.3, 0.4) is 0 Å². The van der Waals surface area contributed by atoms with Crippen LogP contribution in [-0.4, -0.2) is 25.1 Å². The Hall–Kier alpha value is -0.820. The van der Waals surface area contributed by atoms with Crippen LogP contribution in [0, 0.1) is 0 Å². The maximum atomic E-state index is 3.75. The molecule has 0 aromatic carbocycles. The van der Waals surface area contributed by atoms with Gasteiger partial charge in [-0.05, 0) is 6.08 Å². The standard InChI is InChI=1S/C11H18N/c1-4-5-10-12(2,3)11-8-6-7-9-11/h4,6-8H,1,5,9-10H2,2-3H3/q+1. The van der Waals surface area contributed by atoms with Gasteiger partial charge in [0, 0.05) is 12.8 Å². The van der Waals surface area contributed by atoms with Crippen molar-refractivity contribution in [2.75, 3.05) is 20.6 Å². The molecular weight excluding hydrogens is 146 g/mol. The zero-order valence-electron chi connectivity index (χ0n) is 8.09. The second-order valence-electron chi connectivity index (χ2n) is 3.78. The Morgan fingerprint density at radius 3 is 2.83 bits per heavy atom. The van der Waals surface area contributed by atoms with Crippen molar-refractivity contribution in [3.05, 3.63) is 36.6 Å². The van der Waals surface area contributed by atoms with Crippen LogP contribution in [0.25, 0.3) is 0 Å². The highest BCUT2D eigenvalue weighted by atomic mass is 15.3. The summed E-state index contributed by atoms with van der Waals surface area (Å²) in [4.78, 5) is 0. The monoisotopic (exact) mass is 164 g/mol. The molecule has 0 fully saturated rings. The van der Waals surface area contributed by atoms with Crippen molar-refractivity contribution in [1.29, 1.82) is 0 Å². The zero-order chi connectivity index (χ0) is 9.03. The van der Waals surface area contributed by atoms with Crippen LogP contribution in [0.15, 0.2) is 36.6 Å². The van der Waals surface area contributed by atoms with Crippen LogP contribution in [-0.2, 0) is 0 Å². The van der Waals surface area contributed by atoms with Gasteiger partial charge in [0.1, 0.15) is 5.70 Å². The van der Waals surface area contributed by atoms with Gasteiger partial charge in [-0.3, -0.25) is 4.48 Å². The van der Waals surface area contributed by atoms with Gasteiger partial charge in [-0.1, -0.05) is 18.2 Å². The summed E-state index contributed by atoms with van der Waals surface area (Å²) in [6.45, 7) is 4.90. The summed E-state index contributed by atoms with van der Waals surface area (Å²) in [6, 6.07) is 0. The molecule has 0 bridgehead atoms. The van der Waals surface area contributed by atoms with Gasteiger partial charge < -0.3 is 0 Å². The predicted molar refractivity (Wildman–Crippen MR) is 53.6 cm³/mol. The highest BCUT2D eigenvalue weighted by molar-refractivity contribution is 5.18. The van der Waals surface area contributed by atoms with E-state index in [4.69, 9.17) is 0 Å². The summed E-state index contributed by atoms with van der Waals surface area (Å²) < 4.78 is 0.999. The minimum atomic E-state index is 0.999. The van der Waals surface area contributed by atoms with Gasteiger partial charge in [-0.25, -0.2) is 0 Å². The Morgan fingerprint density at radius 2 is 2.33 bits per heavy atom. The van der Waals surface area contributed by atoms with Gasteiger partial charge >= 0.3 is 0 Å². The molecule has 0 radical (unpaired) electrons. The lowest BCUT2D eigenvalue weighted by molar-refractivity contribution is -0.852. The summed E-state index contributed by atoms with van der Waals surface area (Å²) in [6.07, 6.45) is 10.8. The summed E-state index contributed by atoms with van der Waals surface area (Å²) in [5.41, 5.74) is 1.50. The van der Waals surface area contributed by atoms with Gasteiger partial charge in [0.05, 0.1) is 20.6 Å². The van der Waals surface area contributed by atoms with Crippen molar-refractivity contribution < 1.29 is 4.48 Å². The fourth-order valence-corrected chi connectivity index (χ4v) is 1.44. The van der Waals surface area contributed by atoms with Crippen molar-refractivity contribution in [2.45, 2.75) is 12.8 Å². The van der Waals surface area contributed by atoms with Gasteiger partial charge in [-0.15, -0.1) is 6.58 Å². The summed E-state index contributed by atoms with van der Waals surface area (Å²) >= 11 is 0. The van der Waals surface area contributed by atoms with Crippen LogP contribution in [0.1, 0.15) is 12.8 Å². The van der Waals surface area contributed by atoms with Crippen molar-refractivity contribution >= 4 is 0 Å². The van der Waals surface area contributed by atoms with E-state index in [0.29, 0.717) is 0 Å². The average Bonchev–Trinajstić information content (AvgIpc) is 2.53. The molecule has 1 heteroatoms. The van der Waals surface area contributed by atoms with E-state index < -0.39 is 0 Å². The van der Waals surface area contributed by atoms with E-state index in [1.807, 2.05) is 6.08 Å². The molecule has 0 saturated heterocycles. The molecule has 1 aliphatic carbocycles. The number of nitrogens with zero attached hydrogens (tertiary/aromatic N) is 1. The summed E-state index contributed by atoms with van der Waals surface area (Å²) in [5, 5.41) is 0. The van der Waals surface area contributed by atoms with E-state index in [1.54, 1.807) is 0 Å². The molecule has 0 saturated carbocycles. The van der Waals surface area contributed by atoms with E-state index in [0.717, 1.165) is 23.9 Å². The number of hydrogen-bond donors (Lipinski definition) is 0. The van der Waals surface area contributed by atoms with Crippen LogP contribution >= 0.6 is 0 Å². The minimum absolute atomic E-state index is 0.999. The van der Waals surface area contributed by atoms with Crippen molar-refractivity contribution in [1.82, 2.24) is 0 Å². The molecule has 0 heterocycles. The maximum absolute atomic E-state index is 3.75. The van der Waals surface area contributed by atoms with Gasteiger partial charge in [0.2, 0.25) is 0 Å². The smallest absolute Gasteiger partial charge is 0.112 e. The van der Waals surface area contributed by atoms with Crippen molar-refractivity contribution in [3.63, 3.8) is 0 Å². The lowest BCUT2D eigenvalue weighted by Gasteiger charge is -2.30.